The fourth-order valence-electron chi connectivity index (χ4n) is 0.753. The van der Waals surface area contributed by atoms with Crippen molar-refractivity contribution in [3.8, 4) is 0 Å². The molecule has 0 heterocycles. The van der Waals surface area contributed by atoms with Crippen LogP contribution in [-0.2, 0) is 25.6 Å². The molecule has 4 nitrogen and oxygen atoms in total. The minimum absolute atomic E-state index is 0.567. The Hall–Kier alpha value is 0.490. The Bertz CT molecular complexity index is 158. The van der Waals surface area contributed by atoms with Gasteiger partial charge in [-0.2, -0.15) is 0 Å². The number of hydrogen-bond acceptors (Lipinski definition) is 4. The van der Waals surface area contributed by atoms with E-state index < -0.39 is 6.64 Å². The van der Waals surface area contributed by atoms with Crippen LogP contribution in [-0.4, -0.2) is 33.5 Å². The van der Waals surface area contributed by atoms with Crippen LogP contribution in [0.5, 0.6) is 0 Å². The van der Waals surface area contributed by atoms with Crippen molar-refractivity contribution in [2.24, 2.45) is 0 Å². The van der Waals surface area contributed by atoms with Crippen molar-refractivity contribution in [2.75, 3.05) is 33.5 Å². The molecule has 0 aliphatic rings. The topological polar surface area (TPSA) is 39.7 Å². The molecule has 0 aromatic heterocycles. The number of methoxy groups -OCH3 is 1. The molecule has 0 atom stereocenters. The van der Waals surface area contributed by atoms with E-state index in [1.54, 1.807) is 7.11 Å². The van der Waals surface area contributed by atoms with Crippen molar-refractivity contribution in [3.63, 3.8) is 0 Å². The summed E-state index contributed by atoms with van der Waals surface area (Å²) in [5.74, 6) is 0. The molecule has 6 heteroatoms. The second-order valence-electron chi connectivity index (χ2n) is 2.23. The molecule has 80 valence electrons. The van der Waals surface area contributed by atoms with Crippen LogP contribution in [0, 0.1) is 0 Å². The highest BCUT2D eigenvalue weighted by molar-refractivity contribution is 8.08. The van der Waals surface area contributed by atoms with E-state index in [4.69, 9.17) is 25.6 Å². The average molecular weight is 227 g/mol. The quantitative estimate of drug-likeness (QED) is 0.503. The van der Waals surface area contributed by atoms with Gasteiger partial charge in [0.1, 0.15) is 0 Å². The standard InChI is InChI=1S/C7H18NO3PS/c1-4-10-12(13,11-5-2)8-6-7-9-3/h4-7H2,1-3H3,(H,8,13). The lowest BCUT2D eigenvalue weighted by molar-refractivity contribution is 0.198. The first-order valence-corrected chi connectivity index (χ1v) is 6.95. The summed E-state index contributed by atoms with van der Waals surface area (Å²) >= 11 is 5.21. The highest BCUT2D eigenvalue weighted by Crippen LogP contribution is 2.43. The van der Waals surface area contributed by atoms with Crippen molar-refractivity contribution in [2.45, 2.75) is 13.8 Å². The summed E-state index contributed by atoms with van der Waals surface area (Å²) in [6.45, 7) is 3.96. The van der Waals surface area contributed by atoms with E-state index in [1.165, 1.54) is 0 Å². The molecule has 0 aliphatic heterocycles. The zero-order valence-electron chi connectivity index (χ0n) is 8.41. The van der Waals surface area contributed by atoms with E-state index in [0.29, 0.717) is 26.4 Å². The maximum atomic E-state index is 5.35. The van der Waals surface area contributed by atoms with Gasteiger partial charge in [-0.1, -0.05) is 0 Å². The van der Waals surface area contributed by atoms with Crippen LogP contribution in [0.4, 0.5) is 0 Å². The molecule has 0 fully saturated rings. The zero-order chi connectivity index (χ0) is 10.2. The molecule has 0 aliphatic carbocycles. The summed E-state index contributed by atoms with van der Waals surface area (Å²) in [6.07, 6.45) is 0. The first kappa shape index (κ1) is 13.5. The Morgan fingerprint density at radius 3 is 2.15 bits per heavy atom. The molecule has 0 radical (unpaired) electrons. The number of nitrogens with one attached hydrogen (secondary N) is 1. The van der Waals surface area contributed by atoms with Crippen LogP contribution in [0.1, 0.15) is 13.8 Å². The second kappa shape index (κ2) is 7.85. The van der Waals surface area contributed by atoms with Crippen LogP contribution in [0.25, 0.3) is 0 Å². The molecule has 13 heavy (non-hydrogen) atoms. The Balaban J connectivity index is 3.85. The van der Waals surface area contributed by atoms with E-state index in [0.717, 1.165) is 0 Å². The third-order valence-electron chi connectivity index (χ3n) is 1.21. The summed E-state index contributed by atoms with van der Waals surface area (Å²) in [5.41, 5.74) is 0. The van der Waals surface area contributed by atoms with Gasteiger partial charge in [0, 0.05) is 13.7 Å². The summed E-state index contributed by atoms with van der Waals surface area (Å²) in [7, 11) is 1.65. The lowest BCUT2D eigenvalue weighted by Crippen LogP contribution is -2.19. The smallest absolute Gasteiger partial charge is 0.261 e. The average Bonchev–Trinajstić information content (AvgIpc) is 2.05. The van der Waals surface area contributed by atoms with Gasteiger partial charge in [-0.3, -0.25) is 0 Å². The van der Waals surface area contributed by atoms with Gasteiger partial charge in [-0.15, -0.1) is 0 Å². The molecule has 0 aromatic rings. The zero-order valence-corrected chi connectivity index (χ0v) is 10.1. The summed E-state index contributed by atoms with van der Waals surface area (Å²) < 4.78 is 15.6. The molecule has 0 aromatic carbocycles. The number of hydrogen-bond donors (Lipinski definition) is 1. The van der Waals surface area contributed by atoms with Gasteiger partial charge < -0.3 is 13.8 Å². The monoisotopic (exact) mass is 227 g/mol. The molecule has 0 saturated carbocycles. The summed E-state index contributed by atoms with van der Waals surface area (Å²) in [4.78, 5) is 0. The van der Waals surface area contributed by atoms with Crippen molar-refractivity contribution < 1.29 is 13.8 Å². The first-order valence-electron chi connectivity index (χ1n) is 4.31. The third-order valence-corrected chi connectivity index (χ3v) is 4.04. The van der Waals surface area contributed by atoms with Crippen LogP contribution in [0.3, 0.4) is 0 Å². The molecule has 1 N–H and O–H groups in total. The van der Waals surface area contributed by atoms with Crippen LogP contribution in [0.15, 0.2) is 0 Å². The Labute approximate surface area is 85.2 Å². The van der Waals surface area contributed by atoms with Crippen molar-refractivity contribution >= 4 is 18.4 Å². The SMILES string of the molecule is CCOP(=S)(NCCOC)OCC. The molecule has 0 bridgehead atoms. The minimum atomic E-state index is -2.25. The predicted octanol–water partition coefficient (Wildman–Crippen LogP) is 1.52. The fourth-order valence-corrected chi connectivity index (χ4v) is 2.96. The van der Waals surface area contributed by atoms with Crippen LogP contribution >= 0.6 is 6.64 Å². The van der Waals surface area contributed by atoms with Crippen molar-refractivity contribution in [1.82, 2.24) is 5.09 Å². The van der Waals surface area contributed by atoms with E-state index in [9.17, 15) is 0 Å². The van der Waals surface area contributed by atoms with E-state index in [2.05, 4.69) is 5.09 Å². The lowest BCUT2D eigenvalue weighted by Gasteiger charge is -2.21. The first-order chi connectivity index (χ1) is 6.18. The highest BCUT2D eigenvalue weighted by atomic mass is 32.5. The van der Waals surface area contributed by atoms with Crippen LogP contribution in [0.2, 0.25) is 0 Å². The molecule has 0 spiro atoms. The summed E-state index contributed by atoms with van der Waals surface area (Å²) in [6, 6.07) is 0. The second-order valence-corrected chi connectivity index (χ2v) is 5.50. The van der Waals surface area contributed by atoms with Gasteiger partial charge >= 0.3 is 0 Å². The van der Waals surface area contributed by atoms with Gasteiger partial charge in [0.25, 0.3) is 6.64 Å². The molecule has 0 unspecified atom stereocenters. The van der Waals surface area contributed by atoms with Gasteiger partial charge in [-0.05, 0) is 25.7 Å². The molecular formula is C7H18NO3PS. The summed E-state index contributed by atoms with van der Waals surface area (Å²) in [5, 5.41) is 3.06. The number of rotatable bonds is 8. The largest absolute Gasteiger partial charge is 0.383 e. The molecular weight excluding hydrogens is 209 g/mol. The van der Waals surface area contributed by atoms with Gasteiger partial charge in [0.15, 0.2) is 0 Å². The van der Waals surface area contributed by atoms with Crippen molar-refractivity contribution in [3.05, 3.63) is 0 Å². The van der Waals surface area contributed by atoms with Gasteiger partial charge in [-0.25, -0.2) is 5.09 Å². The maximum Gasteiger partial charge on any atom is 0.261 e. The highest BCUT2D eigenvalue weighted by Gasteiger charge is 2.15. The minimum Gasteiger partial charge on any atom is -0.383 e. The van der Waals surface area contributed by atoms with E-state index >= 15 is 0 Å². The Morgan fingerprint density at radius 2 is 1.77 bits per heavy atom. The Morgan fingerprint density at radius 1 is 1.23 bits per heavy atom. The van der Waals surface area contributed by atoms with Gasteiger partial charge in [0.2, 0.25) is 0 Å². The molecule has 0 amide bonds. The fraction of sp³-hybridized carbons (Fsp3) is 1.00. The van der Waals surface area contributed by atoms with E-state index in [-0.39, 0.29) is 0 Å². The van der Waals surface area contributed by atoms with Gasteiger partial charge in [0.05, 0.1) is 19.8 Å². The maximum absolute atomic E-state index is 5.35. The lowest BCUT2D eigenvalue weighted by atomic mass is 10.7. The normalized spacial score (nSPS) is 11.9. The van der Waals surface area contributed by atoms with E-state index in [1.807, 2.05) is 13.8 Å². The predicted molar refractivity (Wildman–Crippen MR) is 57.4 cm³/mol. The third kappa shape index (κ3) is 6.55. The molecule has 0 rings (SSSR count). The van der Waals surface area contributed by atoms with Crippen molar-refractivity contribution in [1.29, 1.82) is 0 Å². The Kier molecular flexibility index (Phi) is 8.15. The molecule has 0 saturated heterocycles. The van der Waals surface area contributed by atoms with Crippen LogP contribution < -0.4 is 5.09 Å². The number of ether oxygens (including phenoxy) is 1.